The molecule has 5 nitrogen and oxygen atoms in total. The first kappa shape index (κ1) is 17.9. The van der Waals surface area contributed by atoms with Crippen LogP contribution in [-0.4, -0.2) is 22.5 Å². The fourth-order valence-corrected chi connectivity index (χ4v) is 3.40. The van der Waals surface area contributed by atoms with Gasteiger partial charge in [0.25, 0.3) is 0 Å². The summed E-state index contributed by atoms with van der Waals surface area (Å²) in [5.74, 6) is -0.404. The Morgan fingerprint density at radius 3 is 2.64 bits per heavy atom. The Kier molecular flexibility index (Phi) is 4.65. The van der Waals surface area contributed by atoms with E-state index in [-0.39, 0.29) is 0 Å². The number of nitrogens with one attached hydrogen (secondary N) is 1. The zero-order chi connectivity index (χ0) is 19.7. The van der Waals surface area contributed by atoms with Gasteiger partial charge in [0.15, 0.2) is 0 Å². The van der Waals surface area contributed by atoms with Gasteiger partial charge in [0.05, 0.1) is 23.3 Å². The second-order valence-electron chi connectivity index (χ2n) is 6.70. The molecule has 0 bridgehead atoms. The monoisotopic (exact) mass is 371 g/mol. The van der Waals surface area contributed by atoms with Crippen LogP contribution in [0.3, 0.4) is 0 Å². The van der Waals surface area contributed by atoms with Gasteiger partial charge in [-0.05, 0) is 45.0 Å². The van der Waals surface area contributed by atoms with Gasteiger partial charge in [0.2, 0.25) is 0 Å². The number of para-hydroxylation sites is 1. The van der Waals surface area contributed by atoms with Crippen molar-refractivity contribution in [2.45, 2.75) is 20.8 Å². The van der Waals surface area contributed by atoms with Gasteiger partial charge in [0.1, 0.15) is 5.56 Å². The van der Waals surface area contributed by atoms with Crippen LogP contribution in [0.15, 0.2) is 54.7 Å². The molecule has 0 amide bonds. The second kappa shape index (κ2) is 7.27. The molecule has 2 aromatic carbocycles. The zero-order valence-corrected chi connectivity index (χ0v) is 16.1. The number of aryl methyl sites for hydroxylation is 2. The predicted molar refractivity (Wildman–Crippen MR) is 112 cm³/mol. The molecule has 5 heteroatoms. The summed E-state index contributed by atoms with van der Waals surface area (Å²) >= 11 is 0. The van der Waals surface area contributed by atoms with E-state index in [2.05, 4.69) is 16.4 Å². The van der Waals surface area contributed by atoms with Gasteiger partial charge in [-0.2, -0.15) is 0 Å². The summed E-state index contributed by atoms with van der Waals surface area (Å²) < 4.78 is 5.26. The second-order valence-corrected chi connectivity index (χ2v) is 6.70. The van der Waals surface area contributed by atoms with Crippen molar-refractivity contribution in [3.05, 3.63) is 71.5 Å². The molecule has 1 N–H and O–H groups in total. The highest BCUT2D eigenvalue weighted by Gasteiger charge is 2.20. The van der Waals surface area contributed by atoms with Crippen molar-refractivity contribution in [2.75, 3.05) is 11.9 Å². The zero-order valence-electron chi connectivity index (χ0n) is 16.1. The standard InChI is InChI=1S/C23H21N3O2/c1-4-28-23(27)18-13-24-21-17-12-14(2)10-11-19(17)25-15(3)20(21)22(18)26-16-8-6-5-7-9-16/h5-13H,4H2,1-3H3,(H,24,26). The Hall–Kier alpha value is -3.47. The lowest BCUT2D eigenvalue weighted by Gasteiger charge is -2.16. The van der Waals surface area contributed by atoms with Crippen molar-refractivity contribution in [2.24, 2.45) is 0 Å². The molecule has 0 aliphatic heterocycles. The number of nitrogens with zero attached hydrogens (tertiary/aromatic N) is 2. The molecule has 2 heterocycles. The van der Waals surface area contributed by atoms with Gasteiger partial charge in [-0.15, -0.1) is 0 Å². The molecule has 0 saturated heterocycles. The molecule has 4 rings (SSSR count). The number of carbonyl (C=O) groups excluding carboxylic acids is 1. The number of benzene rings is 2. The number of carbonyl (C=O) groups is 1. The van der Waals surface area contributed by atoms with Crippen molar-refractivity contribution in [1.82, 2.24) is 9.97 Å². The van der Waals surface area contributed by atoms with Crippen LogP contribution in [0.1, 0.15) is 28.5 Å². The Morgan fingerprint density at radius 2 is 1.89 bits per heavy atom. The van der Waals surface area contributed by atoms with E-state index in [0.717, 1.165) is 38.8 Å². The number of esters is 1. The number of ether oxygens (including phenoxy) is 1. The van der Waals surface area contributed by atoms with E-state index in [1.54, 1.807) is 13.1 Å². The van der Waals surface area contributed by atoms with E-state index in [4.69, 9.17) is 9.72 Å². The number of aromatic nitrogens is 2. The first-order chi connectivity index (χ1) is 13.6. The van der Waals surface area contributed by atoms with Crippen molar-refractivity contribution >= 4 is 39.1 Å². The first-order valence-corrected chi connectivity index (χ1v) is 9.27. The third-order valence-corrected chi connectivity index (χ3v) is 4.67. The van der Waals surface area contributed by atoms with E-state index >= 15 is 0 Å². The normalized spacial score (nSPS) is 11.0. The van der Waals surface area contributed by atoms with Gasteiger partial charge in [0, 0.05) is 28.4 Å². The minimum Gasteiger partial charge on any atom is -0.462 e. The average Bonchev–Trinajstić information content (AvgIpc) is 2.69. The number of hydrogen-bond donors (Lipinski definition) is 1. The van der Waals surface area contributed by atoms with E-state index in [0.29, 0.717) is 17.9 Å². The first-order valence-electron chi connectivity index (χ1n) is 9.27. The quantitative estimate of drug-likeness (QED) is 0.388. The number of hydrogen-bond acceptors (Lipinski definition) is 5. The summed E-state index contributed by atoms with van der Waals surface area (Å²) in [6.45, 7) is 6.07. The Bertz CT molecular complexity index is 1190. The van der Waals surface area contributed by atoms with Crippen LogP contribution in [0, 0.1) is 13.8 Å². The summed E-state index contributed by atoms with van der Waals surface area (Å²) in [6.07, 6.45) is 1.59. The highest BCUT2D eigenvalue weighted by Crippen LogP contribution is 2.35. The molecule has 140 valence electrons. The van der Waals surface area contributed by atoms with Gasteiger partial charge >= 0.3 is 5.97 Å². The van der Waals surface area contributed by atoms with Gasteiger partial charge < -0.3 is 10.1 Å². The van der Waals surface area contributed by atoms with E-state index in [9.17, 15) is 4.79 Å². The molecule has 2 aromatic heterocycles. The summed E-state index contributed by atoms with van der Waals surface area (Å²) in [5, 5.41) is 5.19. The molecule has 0 radical (unpaired) electrons. The molecule has 0 aliphatic rings. The average molecular weight is 371 g/mol. The van der Waals surface area contributed by atoms with Crippen LogP contribution in [0.5, 0.6) is 0 Å². The minimum absolute atomic E-state index is 0.301. The van der Waals surface area contributed by atoms with Gasteiger partial charge in [-0.25, -0.2) is 4.79 Å². The van der Waals surface area contributed by atoms with Crippen molar-refractivity contribution in [3.63, 3.8) is 0 Å². The van der Waals surface area contributed by atoms with Crippen LogP contribution >= 0.6 is 0 Å². The fraction of sp³-hybridized carbons (Fsp3) is 0.174. The van der Waals surface area contributed by atoms with Crippen molar-refractivity contribution in [3.8, 4) is 0 Å². The molecule has 0 spiro atoms. The number of fused-ring (bicyclic) bond motifs is 3. The largest absolute Gasteiger partial charge is 0.462 e. The summed E-state index contributed by atoms with van der Waals surface area (Å²) in [5.41, 5.74) is 5.59. The molecule has 4 aromatic rings. The van der Waals surface area contributed by atoms with Crippen LogP contribution in [0.4, 0.5) is 11.4 Å². The molecular weight excluding hydrogens is 350 g/mol. The van der Waals surface area contributed by atoms with E-state index in [1.165, 1.54) is 0 Å². The molecular formula is C23H21N3O2. The van der Waals surface area contributed by atoms with E-state index in [1.807, 2.05) is 56.3 Å². The molecule has 0 aliphatic carbocycles. The van der Waals surface area contributed by atoms with Crippen LogP contribution in [0.2, 0.25) is 0 Å². The highest BCUT2D eigenvalue weighted by atomic mass is 16.5. The molecule has 28 heavy (non-hydrogen) atoms. The van der Waals surface area contributed by atoms with Crippen LogP contribution < -0.4 is 5.32 Å². The van der Waals surface area contributed by atoms with Gasteiger partial charge in [-0.1, -0.05) is 29.8 Å². The predicted octanol–water partition coefficient (Wildman–Crippen LogP) is 5.32. The smallest absolute Gasteiger partial charge is 0.341 e. The molecule has 0 fully saturated rings. The fourth-order valence-electron chi connectivity index (χ4n) is 3.40. The topological polar surface area (TPSA) is 64.1 Å². The summed E-state index contributed by atoms with van der Waals surface area (Å²) in [6, 6.07) is 15.9. The Labute approximate surface area is 163 Å². The van der Waals surface area contributed by atoms with Crippen LogP contribution in [-0.2, 0) is 4.74 Å². The lowest BCUT2D eigenvalue weighted by atomic mass is 10.0. The van der Waals surface area contributed by atoms with Crippen molar-refractivity contribution in [1.29, 1.82) is 0 Å². The van der Waals surface area contributed by atoms with E-state index < -0.39 is 5.97 Å². The molecule has 0 unspecified atom stereocenters. The number of anilines is 2. The molecule has 0 saturated carbocycles. The Morgan fingerprint density at radius 1 is 1.11 bits per heavy atom. The maximum atomic E-state index is 12.6. The van der Waals surface area contributed by atoms with Crippen LogP contribution in [0.25, 0.3) is 21.8 Å². The van der Waals surface area contributed by atoms with Gasteiger partial charge in [-0.3, -0.25) is 9.97 Å². The minimum atomic E-state index is -0.404. The number of pyridine rings is 2. The maximum absolute atomic E-state index is 12.6. The third-order valence-electron chi connectivity index (χ3n) is 4.67. The number of rotatable bonds is 4. The summed E-state index contributed by atoms with van der Waals surface area (Å²) in [7, 11) is 0. The SMILES string of the molecule is CCOC(=O)c1cnc2c(c(C)nc3ccc(C)cc32)c1Nc1ccccc1. The maximum Gasteiger partial charge on any atom is 0.341 e. The lowest BCUT2D eigenvalue weighted by Crippen LogP contribution is -2.10. The third kappa shape index (κ3) is 3.16. The summed E-state index contributed by atoms with van der Waals surface area (Å²) in [4.78, 5) is 22.0. The Balaban J connectivity index is 2.04. The van der Waals surface area contributed by atoms with Crippen molar-refractivity contribution < 1.29 is 9.53 Å². The highest BCUT2D eigenvalue weighted by molar-refractivity contribution is 6.13. The lowest BCUT2D eigenvalue weighted by molar-refractivity contribution is 0.0527. The molecule has 0 atom stereocenters.